The second-order valence-electron chi connectivity index (χ2n) is 8.12. The minimum atomic E-state index is -1.17. The normalized spacial score (nSPS) is 28.9. The quantitative estimate of drug-likeness (QED) is 0.565. The van der Waals surface area contributed by atoms with Gasteiger partial charge >= 0.3 is 5.97 Å². The van der Waals surface area contributed by atoms with Crippen molar-refractivity contribution >= 4 is 17.7 Å². The van der Waals surface area contributed by atoms with Gasteiger partial charge in [-0.05, 0) is 26.0 Å². The molecule has 2 fully saturated rings. The Bertz CT molecular complexity index is 856. The highest BCUT2D eigenvalue weighted by molar-refractivity contribution is 5.98. The number of hydrogen-bond acceptors (Lipinski definition) is 8. The van der Waals surface area contributed by atoms with Crippen LogP contribution in [0.15, 0.2) is 24.3 Å². The molecule has 0 spiro atoms. The third-order valence-corrected chi connectivity index (χ3v) is 5.18. The molecule has 0 aromatic heterocycles. The van der Waals surface area contributed by atoms with E-state index in [1.165, 1.54) is 6.92 Å². The average molecular weight is 451 g/mol. The second-order valence-corrected chi connectivity index (χ2v) is 8.12. The largest absolute Gasteiger partial charge is 0.480 e. The topological polar surface area (TPSA) is 130 Å². The minimum absolute atomic E-state index is 0.116. The number of ether oxygens (including phenoxy) is 5. The molecule has 5 atom stereocenters. The molecule has 3 rings (SSSR count). The molecule has 0 bridgehead atoms. The van der Waals surface area contributed by atoms with Gasteiger partial charge in [-0.25, -0.2) is 4.79 Å². The van der Waals surface area contributed by atoms with Gasteiger partial charge in [-0.2, -0.15) is 0 Å². The van der Waals surface area contributed by atoms with Crippen LogP contribution in [-0.2, 0) is 28.5 Å². The number of fused-ring (bicyclic) bond motifs is 1. The van der Waals surface area contributed by atoms with E-state index in [4.69, 9.17) is 28.8 Å². The lowest BCUT2D eigenvalue weighted by molar-refractivity contribution is -0.364. The van der Waals surface area contributed by atoms with Gasteiger partial charge in [0.1, 0.15) is 36.7 Å². The highest BCUT2D eigenvalue weighted by Gasteiger charge is 2.53. The molecule has 10 heteroatoms. The van der Waals surface area contributed by atoms with Crippen LogP contribution in [-0.4, -0.2) is 72.4 Å². The van der Waals surface area contributed by atoms with Crippen LogP contribution in [0.4, 0.5) is 0 Å². The van der Waals surface area contributed by atoms with Crippen LogP contribution in [0.5, 0.6) is 5.75 Å². The number of benzene rings is 1. The molecule has 2 heterocycles. The summed E-state index contributed by atoms with van der Waals surface area (Å²) in [5.41, 5.74) is 0.377. The van der Waals surface area contributed by atoms with E-state index in [0.29, 0.717) is 5.56 Å². The van der Waals surface area contributed by atoms with Crippen molar-refractivity contribution in [2.75, 3.05) is 13.2 Å². The maximum atomic E-state index is 12.4. The fourth-order valence-corrected chi connectivity index (χ4v) is 3.79. The molecule has 5 unspecified atom stereocenters. The number of ketones is 1. The molecule has 0 radical (unpaired) electrons. The third kappa shape index (κ3) is 5.63. The van der Waals surface area contributed by atoms with E-state index in [1.54, 1.807) is 45.0 Å². The smallest absolute Gasteiger partial charge is 0.329 e. The summed E-state index contributed by atoms with van der Waals surface area (Å²) < 4.78 is 29.5. The number of aliphatic carboxylic acids is 1. The summed E-state index contributed by atoms with van der Waals surface area (Å²) in [5.74, 6) is -2.34. The summed E-state index contributed by atoms with van der Waals surface area (Å²) in [6.45, 7) is 6.05. The maximum Gasteiger partial charge on any atom is 0.329 e. The average Bonchev–Trinajstić information content (AvgIpc) is 2.72. The Balaban J connectivity index is 1.95. The van der Waals surface area contributed by atoms with Gasteiger partial charge in [-0.15, -0.1) is 0 Å². The van der Waals surface area contributed by atoms with Crippen molar-refractivity contribution < 1.29 is 43.2 Å². The van der Waals surface area contributed by atoms with E-state index in [1.807, 2.05) is 0 Å². The van der Waals surface area contributed by atoms with Crippen molar-refractivity contribution in [1.29, 1.82) is 0 Å². The summed E-state index contributed by atoms with van der Waals surface area (Å²) >= 11 is 0. The van der Waals surface area contributed by atoms with Crippen molar-refractivity contribution in [1.82, 2.24) is 5.32 Å². The van der Waals surface area contributed by atoms with Crippen LogP contribution in [0.3, 0.4) is 0 Å². The van der Waals surface area contributed by atoms with Crippen molar-refractivity contribution in [3.05, 3.63) is 29.8 Å². The Kier molecular flexibility index (Phi) is 7.50. The molecule has 2 aliphatic rings. The Morgan fingerprint density at radius 2 is 1.97 bits per heavy atom. The molecule has 32 heavy (non-hydrogen) atoms. The molecule has 176 valence electrons. The highest BCUT2D eigenvalue weighted by Crippen LogP contribution is 2.35. The van der Waals surface area contributed by atoms with Gasteiger partial charge in [-0.1, -0.05) is 19.1 Å². The Hall–Kier alpha value is -2.53. The molecule has 1 aromatic carbocycles. The van der Waals surface area contributed by atoms with E-state index in [9.17, 15) is 14.4 Å². The molecule has 2 saturated heterocycles. The summed E-state index contributed by atoms with van der Waals surface area (Å²) in [4.78, 5) is 35.6. The first-order valence-electron chi connectivity index (χ1n) is 10.5. The van der Waals surface area contributed by atoms with E-state index in [0.717, 1.165) is 0 Å². The lowest BCUT2D eigenvalue weighted by Crippen LogP contribution is -2.69. The molecule has 1 amide bonds. The number of carbonyl (C=O) groups is 3. The fourth-order valence-electron chi connectivity index (χ4n) is 3.79. The van der Waals surface area contributed by atoms with Crippen molar-refractivity contribution in [2.24, 2.45) is 0 Å². The van der Waals surface area contributed by atoms with Crippen LogP contribution in [0.25, 0.3) is 0 Å². The summed E-state index contributed by atoms with van der Waals surface area (Å²) in [7, 11) is 0. The predicted molar refractivity (Wildman–Crippen MR) is 110 cm³/mol. The van der Waals surface area contributed by atoms with Gasteiger partial charge in [0.05, 0.1) is 12.2 Å². The third-order valence-electron chi connectivity index (χ3n) is 5.18. The van der Waals surface area contributed by atoms with E-state index in [-0.39, 0.29) is 30.5 Å². The Labute approximate surface area is 186 Å². The van der Waals surface area contributed by atoms with E-state index < -0.39 is 49.0 Å². The molecular formula is C22H29NO9. The maximum absolute atomic E-state index is 12.4. The van der Waals surface area contributed by atoms with Crippen LogP contribution < -0.4 is 10.1 Å². The SMILES string of the molecule is CCC(=O)c1ccccc1OC1OC2COC(C)(C)OC2C(OCC(=O)O)C1NC(C)=O. The van der Waals surface area contributed by atoms with Crippen LogP contribution in [0, 0.1) is 0 Å². The van der Waals surface area contributed by atoms with Gasteiger partial charge in [0, 0.05) is 13.3 Å². The summed E-state index contributed by atoms with van der Waals surface area (Å²) in [5, 5.41) is 11.9. The number of carbonyl (C=O) groups excluding carboxylic acids is 2. The van der Waals surface area contributed by atoms with Crippen LogP contribution >= 0.6 is 0 Å². The van der Waals surface area contributed by atoms with Gasteiger partial charge in [0.15, 0.2) is 11.6 Å². The molecule has 10 nitrogen and oxygen atoms in total. The second kappa shape index (κ2) is 9.95. The number of hydrogen-bond donors (Lipinski definition) is 2. The number of rotatable bonds is 8. The zero-order valence-corrected chi connectivity index (χ0v) is 18.5. The Morgan fingerprint density at radius 3 is 2.62 bits per heavy atom. The van der Waals surface area contributed by atoms with Gasteiger partial charge in [0.25, 0.3) is 0 Å². The molecule has 0 aliphatic carbocycles. The Morgan fingerprint density at radius 1 is 1.25 bits per heavy atom. The number of carboxylic acid groups (broad SMARTS) is 1. The van der Waals surface area contributed by atoms with Crippen LogP contribution in [0.2, 0.25) is 0 Å². The number of para-hydroxylation sites is 1. The van der Waals surface area contributed by atoms with Gasteiger partial charge in [0.2, 0.25) is 12.2 Å². The standard InChI is InChI=1S/C22H29NO9/c1-5-14(25)13-8-6-7-9-15(13)30-21-18(23-12(2)24)20(28-11-17(26)27)19-16(31-21)10-29-22(3,4)32-19/h6-9,16,18-21H,5,10-11H2,1-4H3,(H,23,24)(H,26,27). The number of amides is 1. The number of carboxylic acids is 1. The van der Waals surface area contributed by atoms with E-state index in [2.05, 4.69) is 5.32 Å². The number of Topliss-reactive ketones (excluding diaryl/α,β-unsaturated/α-hetero) is 1. The zero-order chi connectivity index (χ0) is 23.5. The molecule has 1 aromatic rings. The minimum Gasteiger partial charge on any atom is -0.480 e. The van der Waals surface area contributed by atoms with Crippen molar-refractivity contribution in [3.63, 3.8) is 0 Å². The van der Waals surface area contributed by atoms with Gasteiger partial charge < -0.3 is 34.1 Å². The first-order valence-corrected chi connectivity index (χ1v) is 10.5. The van der Waals surface area contributed by atoms with E-state index >= 15 is 0 Å². The monoisotopic (exact) mass is 451 g/mol. The lowest BCUT2D eigenvalue weighted by atomic mass is 9.94. The molecule has 2 N–H and O–H groups in total. The lowest BCUT2D eigenvalue weighted by Gasteiger charge is -2.50. The summed E-state index contributed by atoms with van der Waals surface area (Å²) in [6, 6.07) is 5.81. The number of nitrogens with one attached hydrogen (secondary N) is 1. The van der Waals surface area contributed by atoms with Crippen molar-refractivity contribution in [3.8, 4) is 5.75 Å². The highest BCUT2D eigenvalue weighted by atomic mass is 16.8. The molecule has 0 saturated carbocycles. The zero-order valence-electron chi connectivity index (χ0n) is 18.5. The first-order chi connectivity index (χ1) is 15.1. The first kappa shape index (κ1) is 24.1. The van der Waals surface area contributed by atoms with Gasteiger partial charge in [-0.3, -0.25) is 9.59 Å². The van der Waals surface area contributed by atoms with Crippen LogP contribution in [0.1, 0.15) is 44.5 Å². The fraction of sp³-hybridized carbons (Fsp3) is 0.591. The molecule has 2 aliphatic heterocycles. The summed E-state index contributed by atoms with van der Waals surface area (Å²) in [6.07, 6.45) is -3.07. The predicted octanol–water partition coefficient (Wildman–Crippen LogP) is 1.51. The molecular weight excluding hydrogens is 422 g/mol. The van der Waals surface area contributed by atoms with Crippen molar-refractivity contribution in [2.45, 2.75) is 70.5 Å².